The van der Waals surface area contributed by atoms with Crippen molar-refractivity contribution in [2.75, 3.05) is 33.1 Å². The lowest BCUT2D eigenvalue weighted by Gasteiger charge is -2.13. The van der Waals surface area contributed by atoms with Crippen LogP contribution in [0.15, 0.2) is 59.5 Å². The molecular formula is C23H27N3O3. The quantitative estimate of drug-likeness (QED) is 0.639. The Bertz CT molecular complexity index is 1060. The molecule has 0 aliphatic rings. The minimum atomic E-state index is -0.0860. The summed E-state index contributed by atoms with van der Waals surface area (Å²) in [5.41, 5.74) is 1.66. The van der Waals surface area contributed by atoms with Crippen LogP contribution in [0.2, 0.25) is 0 Å². The van der Waals surface area contributed by atoms with Gasteiger partial charge in [-0.3, -0.25) is 9.59 Å². The van der Waals surface area contributed by atoms with Crippen LogP contribution >= 0.6 is 0 Å². The molecule has 0 unspecified atom stereocenters. The lowest BCUT2D eigenvalue weighted by molar-refractivity contribution is -0.116. The topological polar surface area (TPSA) is 63.6 Å². The number of ether oxygens (including phenoxy) is 1. The van der Waals surface area contributed by atoms with Crippen LogP contribution in [-0.4, -0.2) is 43.1 Å². The summed E-state index contributed by atoms with van der Waals surface area (Å²) >= 11 is 0. The standard InChI is InChI=1S/C23H27N3O3/c1-25(2)14-15-26-13-12-19-20(23(26)28)8-5-9-21(19)24-22(27)11-10-17-6-4-7-18(16-17)29-3/h4-9,12-13,16H,10-11,14-15H2,1-3H3,(H,24,27). The second-order valence-electron chi connectivity index (χ2n) is 7.28. The molecule has 3 rings (SSSR count). The Balaban J connectivity index is 1.73. The first kappa shape index (κ1) is 20.6. The number of benzene rings is 2. The Hall–Kier alpha value is -3.12. The molecule has 0 aliphatic carbocycles. The van der Waals surface area contributed by atoms with Crippen LogP contribution in [0.5, 0.6) is 5.75 Å². The van der Waals surface area contributed by atoms with E-state index in [0.29, 0.717) is 30.5 Å². The maximum atomic E-state index is 12.8. The lowest BCUT2D eigenvalue weighted by atomic mass is 10.1. The van der Waals surface area contributed by atoms with Crippen LogP contribution in [0.4, 0.5) is 5.69 Å². The molecule has 0 saturated heterocycles. The maximum Gasteiger partial charge on any atom is 0.258 e. The van der Waals surface area contributed by atoms with E-state index in [0.717, 1.165) is 23.2 Å². The van der Waals surface area contributed by atoms with Gasteiger partial charge in [0.15, 0.2) is 0 Å². The number of carbonyl (C=O) groups excluding carboxylic acids is 1. The number of nitrogens with zero attached hydrogens (tertiary/aromatic N) is 2. The zero-order valence-electron chi connectivity index (χ0n) is 17.1. The molecule has 0 spiro atoms. The molecule has 0 fully saturated rings. The molecule has 152 valence electrons. The molecule has 1 aromatic heterocycles. The number of amides is 1. The number of aromatic nitrogens is 1. The van der Waals surface area contributed by atoms with E-state index in [9.17, 15) is 9.59 Å². The predicted molar refractivity (Wildman–Crippen MR) is 117 cm³/mol. The molecule has 0 saturated carbocycles. The molecule has 1 N–H and O–H groups in total. The van der Waals surface area contributed by atoms with Gasteiger partial charge in [-0.15, -0.1) is 0 Å². The van der Waals surface area contributed by atoms with E-state index in [-0.39, 0.29) is 11.5 Å². The zero-order valence-corrected chi connectivity index (χ0v) is 17.1. The number of hydrogen-bond donors (Lipinski definition) is 1. The summed E-state index contributed by atoms with van der Waals surface area (Å²) in [4.78, 5) is 27.3. The smallest absolute Gasteiger partial charge is 0.258 e. The van der Waals surface area contributed by atoms with Crippen molar-refractivity contribution in [2.24, 2.45) is 0 Å². The van der Waals surface area contributed by atoms with Gasteiger partial charge in [-0.05, 0) is 56.4 Å². The molecule has 3 aromatic rings. The van der Waals surface area contributed by atoms with Crippen LogP contribution in [0.1, 0.15) is 12.0 Å². The number of carbonyl (C=O) groups is 1. The Morgan fingerprint density at radius 3 is 2.66 bits per heavy atom. The van der Waals surface area contributed by atoms with Gasteiger partial charge in [0.25, 0.3) is 5.56 Å². The number of anilines is 1. The molecule has 6 heteroatoms. The second kappa shape index (κ2) is 9.39. The summed E-state index contributed by atoms with van der Waals surface area (Å²) in [6, 6.07) is 15.0. The molecule has 0 radical (unpaired) electrons. The number of fused-ring (bicyclic) bond motifs is 1. The SMILES string of the molecule is COc1cccc(CCC(=O)Nc2cccc3c(=O)n(CCN(C)C)ccc23)c1. The first-order chi connectivity index (χ1) is 14.0. The first-order valence-corrected chi connectivity index (χ1v) is 9.67. The average molecular weight is 393 g/mol. The molecule has 1 amide bonds. The van der Waals surface area contributed by atoms with E-state index in [2.05, 4.69) is 5.32 Å². The molecule has 0 aliphatic heterocycles. The number of likely N-dealkylation sites (N-methyl/N-ethyl adjacent to an activating group) is 1. The maximum absolute atomic E-state index is 12.8. The van der Waals surface area contributed by atoms with Crippen LogP contribution in [-0.2, 0) is 17.8 Å². The molecule has 6 nitrogen and oxygen atoms in total. The largest absolute Gasteiger partial charge is 0.497 e. The molecular weight excluding hydrogens is 366 g/mol. The number of nitrogens with one attached hydrogen (secondary N) is 1. The van der Waals surface area contributed by atoms with Crippen LogP contribution in [0.3, 0.4) is 0 Å². The van der Waals surface area contributed by atoms with Crippen molar-refractivity contribution in [1.29, 1.82) is 0 Å². The highest BCUT2D eigenvalue weighted by Crippen LogP contribution is 2.21. The minimum Gasteiger partial charge on any atom is -0.497 e. The van der Waals surface area contributed by atoms with Gasteiger partial charge in [-0.25, -0.2) is 0 Å². The molecule has 0 atom stereocenters. The fraction of sp³-hybridized carbons (Fsp3) is 0.304. The van der Waals surface area contributed by atoms with E-state index < -0.39 is 0 Å². The summed E-state index contributed by atoms with van der Waals surface area (Å²) in [7, 11) is 5.58. The highest BCUT2D eigenvalue weighted by atomic mass is 16.5. The fourth-order valence-electron chi connectivity index (χ4n) is 3.21. The predicted octanol–water partition coefficient (Wildman–Crippen LogP) is 3.14. The molecule has 0 bridgehead atoms. The van der Waals surface area contributed by atoms with Gasteiger partial charge < -0.3 is 19.5 Å². The van der Waals surface area contributed by atoms with E-state index in [1.165, 1.54) is 0 Å². The summed E-state index contributed by atoms with van der Waals surface area (Å²) in [6.07, 6.45) is 2.76. The van der Waals surface area contributed by atoms with E-state index in [1.54, 1.807) is 30.0 Å². The van der Waals surface area contributed by atoms with Crippen molar-refractivity contribution in [3.05, 3.63) is 70.6 Å². The number of pyridine rings is 1. The number of methoxy groups -OCH3 is 1. The van der Waals surface area contributed by atoms with Gasteiger partial charge in [-0.2, -0.15) is 0 Å². The van der Waals surface area contributed by atoms with E-state index in [1.807, 2.05) is 55.4 Å². The van der Waals surface area contributed by atoms with Crippen molar-refractivity contribution in [3.8, 4) is 5.75 Å². The Morgan fingerprint density at radius 1 is 1.10 bits per heavy atom. The summed E-state index contributed by atoms with van der Waals surface area (Å²) < 4.78 is 6.93. The third-order valence-electron chi connectivity index (χ3n) is 4.86. The third-order valence-corrected chi connectivity index (χ3v) is 4.86. The fourth-order valence-corrected chi connectivity index (χ4v) is 3.21. The van der Waals surface area contributed by atoms with Gasteiger partial charge in [0, 0.05) is 42.2 Å². The van der Waals surface area contributed by atoms with Crippen molar-refractivity contribution in [3.63, 3.8) is 0 Å². The number of hydrogen-bond acceptors (Lipinski definition) is 4. The number of rotatable bonds is 8. The average Bonchev–Trinajstić information content (AvgIpc) is 2.72. The molecule has 2 aromatic carbocycles. The Morgan fingerprint density at radius 2 is 1.90 bits per heavy atom. The second-order valence-corrected chi connectivity index (χ2v) is 7.28. The normalized spacial score (nSPS) is 11.0. The van der Waals surface area contributed by atoms with Crippen molar-refractivity contribution < 1.29 is 9.53 Å². The molecule has 29 heavy (non-hydrogen) atoms. The Kier molecular flexibility index (Phi) is 6.67. The van der Waals surface area contributed by atoms with E-state index in [4.69, 9.17) is 4.74 Å². The zero-order chi connectivity index (χ0) is 20.8. The van der Waals surface area contributed by atoms with Crippen LogP contribution < -0.4 is 15.6 Å². The highest BCUT2D eigenvalue weighted by molar-refractivity contribution is 6.01. The summed E-state index contributed by atoms with van der Waals surface area (Å²) in [5.74, 6) is 0.694. The molecule has 1 heterocycles. The monoisotopic (exact) mass is 393 g/mol. The summed E-state index contributed by atoms with van der Waals surface area (Å²) in [6.45, 7) is 1.41. The third kappa shape index (κ3) is 5.23. The van der Waals surface area contributed by atoms with Gasteiger partial charge in [0.1, 0.15) is 5.75 Å². The van der Waals surface area contributed by atoms with Crippen LogP contribution in [0, 0.1) is 0 Å². The summed E-state index contributed by atoms with van der Waals surface area (Å²) in [5, 5.41) is 4.32. The van der Waals surface area contributed by atoms with Gasteiger partial charge in [-0.1, -0.05) is 18.2 Å². The minimum absolute atomic E-state index is 0.0446. The number of aryl methyl sites for hydroxylation is 1. The highest BCUT2D eigenvalue weighted by Gasteiger charge is 2.10. The van der Waals surface area contributed by atoms with Gasteiger partial charge in [0.2, 0.25) is 5.91 Å². The van der Waals surface area contributed by atoms with Crippen molar-refractivity contribution in [1.82, 2.24) is 9.47 Å². The van der Waals surface area contributed by atoms with Gasteiger partial charge in [0.05, 0.1) is 7.11 Å². The first-order valence-electron chi connectivity index (χ1n) is 9.67. The Labute approximate surface area is 170 Å². The lowest BCUT2D eigenvalue weighted by Crippen LogP contribution is -2.26. The van der Waals surface area contributed by atoms with Crippen molar-refractivity contribution >= 4 is 22.4 Å². The van der Waals surface area contributed by atoms with Crippen molar-refractivity contribution in [2.45, 2.75) is 19.4 Å². The van der Waals surface area contributed by atoms with E-state index >= 15 is 0 Å². The van der Waals surface area contributed by atoms with Crippen LogP contribution in [0.25, 0.3) is 10.8 Å². The van der Waals surface area contributed by atoms with Gasteiger partial charge >= 0.3 is 0 Å².